The first kappa shape index (κ1) is 10.1. The summed E-state index contributed by atoms with van der Waals surface area (Å²) in [5.74, 6) is 0.798. The maximum absolute atomic E-state index is 2.68. The summed E-state index contributed by atoms with van der Waals surface area (Å²) >= 11 is 0. The van der Waals surface area contributed by atoms with Gasteiger partial charge in [0, 0.05) is 17.8 Å². The first-order valence-electron chi connectivity index (χ1n) is 6.18. The summed E-state index contributed by atoms with van der Waals surface area (Å²) in [5, 5.41) is 0. The Hall–Kier alpha value is -0.460. The molecule has 1 heteroatoms. The van der Waals surface area contributed by atoms with Crippen molar-refractivity contribution in [3.8, 4) is 0 Å². The molecule has 1 heterocycles. The van der Waals surface area contributed by atoms with Crippen LogP contribution in [0, 0.1) is 5.92 Å². The SMILES string of the molecule is CC1CCCC=C1N1[C@H](C)CC[C@H]1C. The van der Waals surface area contributed by atoms with E-state index in [9.17, 15) is 0 Å². The molecule has 1 saturated heterocycles. The lowest BCUT2D eigenvalue weighted by atomic mass is 9.92. The fourth-order valence-electron chi connectivity index (χ4n) is 3.09. The Morgan fingerprint density at radius 2 is 1.71 bits per heavy atom. The summed E-state index contributed by atoms with van der Waals surface area (Å²) in [4.78, 5) is 2.68. The summed E-state index contributed by atoms with van der Waals surface area (Å²) in [7, 11) is 0. The topological polar surface area (TPSA) is 3.24 Å². The summed E-state index contributed by atoms with van der Waals surface area (Å²) in [6.45, 7) is 7.15. The van der Waals surface area contributed by atoms with Crippen LogP contribution >= 0.6 is 0 Å². The van der Waals surface area contributed by atoms with Crippen molar-refractivity contribution in [1.82, 2.24) is 4.90 Å². The van der Waals surface area contributed by atoms with Gasteiger partial charge in [-0.1, -0.05) is 13.0 Å². The molecule has 0 aromatic rings. The minimum absolute atomic E-state index is 0.775. The molecule has 80 valence electrons. The molecule has 2 rings (SSSR count). The van der Waals surface area contributed by atoms with Gasteiger partial charge in [0.15, 0.2) is 0 Å². The van der Waals surface area contributed by atoms with E-state index in [0.717, 1.165) is 18.0 Å². The van der Waals surface area contributed by atoms with E-state index in [4.69, 9.17) is 0 Å². The third kappa shape index (κ3) is 1.69. The molecule has 3 atom stereocenters. The van der Waals surface area contributed by atoms with Gasteiger partial charge in [-0.2, -0.15) is 0 Å². The molecule has 0 bridgehead atoms. The number of rotatable bonds is 1. The van der Waals surface area contributed by atoms with Gasteiger partial charge in [-0.05, 0) is 51.9 Å². The molecule has 0 radical (unpaired) electrons. The van der Waals surface area contributed by atoms with Gasteiger partial charge < -0.3 is 4.90 Å². The van der Waals surface area contributed by atoms with Crippen molar-refractivity contribution in [2.24, 2.45) is 5.92 Å². The number of likely N-dealkylation sites (tertiary alicyclic amines) is 1. The molecule has 2 aliphatic rings. The maximum Gasteiger partial charge on any atom is 0.0262 e. The number of allylic oxidation sites excluding steroid dienone is 2. The molecule has 1 unspecified atom stereocenters. The van der Waals surface area contributed by atoms with Gasteiger partial charge >= 0.3 is 0 Å². The molecule has 1 nitrogen and oxygen atoms in total. The third-order valence-corrected chi connectivity index (χ3v) is 3.95. The van der Waals surface area contributed by atoms with Crippen LogP contribution in [0.5, 0.6) is 0 Å². The quantitative estimate of drug-likeness (QED) is 0.615. The predicted octanol–water partition coefficient (Wildman–Crippen LogP) is 3.56. The van der Waals surface area contributed by atoms with Crippen molar-refractivity contribution >= 4 is 0 Å². The first-order valence-corrected chi connectivity index (χ1v) is 6.18. The fraction of sp³-hybridized carbons (Fsp3) is 0.846. The second-order valence-electron chi connectivity index (χ2n) is 5.14. The van der Waals surface area contributed by atoms with Gasteiger partial charge in [0.2, 0.25) is 0 Å². The van der Waals surface area contributed by atoms with E-state index in [1.165, 1.54) is 32.1 Å². The monoisotopic (exact) mass is 193 g/mol. The van der Waals surface area contributed by atoms with Gasteiger partial charge in [0.25, 0.3) is 0 Å². The van der Waals surface area contributed by atoms with Crippen LogP contribution in [0.4, 0.5) is 0 Å². The van der Waals surface area contributed by atoms with Crippen LogP contribution in [0.1, 0.15) is 52.9 Å². The summed E-state index contributed by atoms with van der Waals surface area (Å²) < 4.78 is 0. The second-order valence-corrected chi connectivity index (χ2v) is 5.14. The van der Waals surface area contributed by atoms with Gasteiger partial charge in [0.1, 0.15) is 0 Å². The highest BCUT2D eigenvalue weighted by Crippen LogP contribution is 2.35. The van der Waals surface area contributed by atoms with Crippen molar-refractivity contribution < 1.29 is 0 Å². The molecule has 1 aliphatic heterocycles. The Morgan fingerprint density at radius 3 is 2.29 bits per heavy atom. The van der Waals surface area contributed by atoms with Crippen molar-refractivity contribution in [3.05, 3.63) is 11.8 Å². The largest absolute Gasteiger partial charge is 0.369 e. The molecular formula is C13H23N. The van der Waals surface area contributed by atoms with E-state index < -0.39 is 0 Å². The predicted molar refractivity (Wildman–Crippen MR) is 61.1 cm³/mol. The Kier molecular flexibility index (Phi) is 2.85. The molecule has 14 heavy (non-hydrogen) atoms. The Balaban J connectivity index is 2.16. The smallest absolute Gasteiger partial charge is 0.0262 e. The average molecular weight is 193 g/mol. The molecule has 0 aromatic carbocycles. The standard InChI is InChI=1S/C13H23N/c1-10-6-4-5-7-13(10)14-11(2)8-9-12(14)3/h7,10-12H,4-6,8-9H2,1-3H3/t10?,11-,12-/m1/s1. The van der Waals surface area contributed by atoms with Crippen LogP contribution in [0.3, 0.4) is 0 Å². The van der Waals surface area contributed by atoms with Crippen molar-refractivity contribution in [2.45, 2.75) is 65.0 Å². The molecule has 0 spiro atoms. The Labute approximate surface area is 88.2 Å². The van der Waals surface area contributed by atoms with Gasteiger partial charge in [0.05, 0.1) is 0 Å². The molecule has 0 amide bonds. The molecule has 1 fully saturated rings. The average Bonchev–Trinajstić information content (AvgIpc) is 2.48. The molecule has 0 N–H and O–H groups in total. The number of nitrogens with zero attached hydrogens (tertiary/aromatic N) is 1. The Morgan fingerprint density at radius 1 is 1.07 bits per heavy atom. The fourth-order valence-corrected chi connectivity index (χ4v) is 3.09. The molecule has 0 saturated carbocycles. The minimum Gasteiger partial charge on any atom is -0.369 e. The van der Waals surface area contributed by atoms with Crippen molar-refractivity contribution in [2.75, 3.05) is 0 Å². The van der Waals surface area contributed by atoms with E-state index in [2.05, 4.69) is 31.7 Å². The summed E-state index contributed by atoms with van der Waals surface area (Å²) in [6, 6.07) is 1.55. The van der Waals surface area contributed by atoms with Crippen LogP contribution in [0.25, 0.3) is 0 Å². The normalized spacial score (nSPS) is 38.6. The van der Waals surface area contributed by atoms with Crippen LogP contribution in [0.15, 0.2) is 11.8 Å². The highest BCUT2D eigenvalue weighted by molar-refractivity contribution is 5.12. The second kappa shape index (κ2) is 3.96. The van der Waals surface area contributed by atoms with Gasteiger partial charge in [-0.25, -0.2) is 0 Å². The van der Waals surface area contributed by atoms with E-state index >= 15 is 0 Å². The molecule has 1 aliphatic carbocycles. The van der Waals surface area contributed by atoms with Crippen LogP contribution < -0.4 is 0 Å². The van der Waals surface area contributed by atoms with Gasteiger partial charge in [-0.15, -0.1) is 0 Å². The number of hydrogen-bond acceptors (Lipinski definition) is 1. The minimum atomic E-state index is 0.775. The maximum atomic E-state index is 2.68. The van der Waals surface area contributed by atoms with Gasteiger partial charge in [-0.3, -0.25) is 0 Å². The van der Waals surface area contributed by atoms with E-state index in [1.54, 1.807) is 5.70 Å². The zero-order valence-corrected chi connectivity index (χ0v) is 9.79. The van der Waals surface area contributed by atoms with E-state index in [0.29, 0.717) is 0 Å². The summed E-state index contributed by atoms with van der Waals surface area (Å²) in [5.41, 5.74) is 1.65. The lowest BCUT2D eigenvalue weighted by Gasteiger charge is -2.36. The van der Waals surface area contributed by atoms with Crippen molar-refractivity contribution in [1.29, 1.82) is 0 Å². The van der Waals surface area contributed by atoms with E-state index in [1.807, 2.05) is 0 Å². The van der Waals surface area contributed by atoms with Crippen LogP contribution in [-0.4, -0.2) is 17.0 Å². The van der Waals surface area contributed by atoms with Crippen molar-refractivity contribution in [3.63, 3.8) is 0 Å². The Bertz CT molecular complexity index is 221. The highest BCUT2D eigenvalue weighted by Gasteiger charge is 2.31. The highest BCUT2D eigenvalue weighted by atomic mass is 15.2. The lowest BCUT2D eigenvalue weighted by molar-refractivity contribution is 0.236. The zero-order chi connectivity index (χ0) is 10.1. The first-order chi connectivity index (χ1) is 6.70. The van der Waals surface area contributed by atoms with E-state index in [-0.39, 0.29) is 0 Å². The summed E-state index contributed by atoms with van der Waals surface area (Å²) in [6.07, 6.45) is 9.33. The lowest BCUT2D eigenvalue weighted by Crippen LogP contribution is -2.35. The van der Waals surface area contributed by atoms with Crippen LogP contribution in [-0.2, 0) is 0 Å². The molecule has 0 aromatic heterocycles. The molecular weight excluding hydrogens is 170 g/mol. The third-order valence-electron chi connectivity index (χ3n) is 3.95. The zero-order valence-electron chi connectivity index (χ0n) is 9.79. The number of hydrogen-bond donors (Lipinski definition) is 0. The van der Waals surface area contributed by atoms with Crippen LogP contribution in [0.2, 0.25) is 0 Å².